The van der Waals surface area contributed by atoms with Crippen LogP contribution in [0.15, 0.2) is 18.2 Å². The molecule has 0 amide bonds. The lowest BCUT2D eigenvalue weighted by Crippen LogP contribution is -2.20. The lowest BCUT2D eigenvalue weighted by molar-refractivity contribution is 0.0698. The van der Waals surface area contributed by atoms with Crippen molar-refractivity contribution in [2.24, 2.45) is 5.41 Å². The predicted molar refractivity (Wildman–Crippen MR) is 73.2 cm³/mol. The summed E-state index contributed by atoms with van der Waals surface area (Å²) in [6.45, 7) is 6.49. The van der Waals surface area contributed by atoms with Gasteiger partial charge in [-0.15, -0.1) is 0 Å². The van der Waals surface area contributed by atoms with Crippen LogP contribution >= 0.6 is 0 Å². The highest BCUT2D eigenvalue weighted by atomic mass is 16.4. The van der Waals surface area contributed by atoms with E-state index in [1.165, 1.54) is 6.42 Å². The van der Waals surface area contributed by atoms with E-state index in [1.807, 2.05) is 13.0 Å². The monoisotopic (exact) mass is 247 g/mol. The van der Waals surface area contributed by atoms with Crippen LogP contribution in [0.3, 0.4) is 0 Å². The predicted octanol–water partition coefficient (Wildman–Crippen LogP) is 3.68. The van der Waals surface area contributed by atoms with Crippen LogP contribution in [-0.4, -0.2) is 17.1 Å². The molecule has 1 aromatic rings. The molecule has 1 saturated carbocycles. The molecule has 1 fully saturated rings. The Morgan fingerprint density at radius 3 is 2.72 bits per heavy atom. The zero-order chi connectivity index (χ0) is 13.3. The molecule has 1 atom stereocenters. The Bertz CT molecular complexity index is 466. The van der Waals surface area contributed by atoms with Gasteiger partial charge in [0, 0.05) is 6.04 Å². The number of rotatable bonds is 3. The number of hydrogen-bond donors (Lipinski definition) is 2. The van der Waals surface area contributed by atoms with E-state index in [9.17, 15) is 9.90 Å². The number of benzene rings is 1. The molecule has 0 heterocycles. The minimum absolute atomic E-state index is 0.365. The molecule has 1 aliphatic rings. The smallest absolute Gasteiger partial charge is 0.337 e. The standard InChI is InChI=1S/C15H21NO2/c1-10-5-4-6-12(14(17)18)13(10)16-11-7-8-15(2,3)9-11/h4-6,11,16H,7-9H2,1-3H3,(H,17,18). The minimum atomic E-state index is -0.863. The topological polar surface area (TPSA) is 49.3 Å². The quantitative estimate of drug-likeness (QED) is 0.856. The SMILES string of the molecule is Cc1cccc(C(=O)O)c1NC1CCC(C)(C)C1. The lowest BCUT2D eigenvalue weighted by Gasteiger charge is -2.20. The summed E-state index contributed by atoms with van der Waals surface area (Å²) in [4.78, 5) is 11.2. The van der Waals surface area contributed by atoms with Crippen LogP contribution in [0, 0.1) is 12.3 Å². The molecule has 18 heavy (non-hydrogen) atoms. The molecule has 3 heteroatoms. The molecule has 0 spiro atoms. The second-order valence-electron chi connectivity index (χ2n) is 6.05. The molecule has 0 aromatic heterocycles. The molecule has 0 bridgehead atoms. The first-order valence-corrected chi connectivity index (χ1v) is 6.48. The third-order valence-corrected chi connectivity index (χ3v) is 3.82. The van der Waals surface area contributed by atoms with Gasteiger partial charge in [0.25, 0.3) is 0 Å². The van der Waals surface area contributed by atoms with Gasteiger partial charge >= 0.3 is 5.97 Å². The molecule has 98 valence electrons. The van der Waals surface area contributed by atoms with Crippen LogP contribution in [-0.2, 0) is 0 Å². The highest BCUT2D eigenvalue weighted by molar-refractivity contribution is 5.95. The van der Waals surface area contributed by atoms with Crippen LogP contribution in [0.2, 0.25) is 0 Å². The van der Waals surface area contributed by atoms with E-state index in [0.717, 1.165) is 24.1 Å². The Kier molecular flexibility index (Phi) is 3.33. The van der Waals surface area contributed by atoms with E-state index >= 15 is 0 Å². The molecule has 0 radical (unpaired) electrons. The van der Waals surface area contributed by atoms with Crippen LogP contribution in [0.5, 0.6) is 0 Å². The van der Waals surface area contributed by atoms with E-state index in [-0.39, 0.29) is 0 Å². The Hall–Kier alpha value is -1.51. The maximum atomic E-state index is 11.2. The first kappa shape index (κ1) is 12.9. The zero-order valence-corrected chi connectivity index (χ0v) is 11.3. The number of carboxylic acid groups (broad SMARTS) is 1. The van der Waals surface area contributed by atoms with Gasteiger partial charge in [0.15, 0.2) is 0 Å². The van der Waals surface area contributed by atoms with Crippen molar-refractivity contribution >= 4 is 11.7 Å². The number of carbonyl (C=O) groups is 1. The fourth-order valence-corrected chi connectivity index (χ4v) is 2.80. The molecule has 1 unspecified atom stereocenters. The first-order chi connectivity index (χ1) is 8.39. The summed E-state index contributed by atoms with van der Waals surface area (Å²) < 4.78 is 0. The van der Waals surface area contributed by atoms with Gasteiger partial charge in [-0.1, -0.05) is 26.0 Å². The fraction of sp³-hybridized carbons (Fsp3) is 0.533. The van der Waals surface area contributed by atoms with Gasteiger partial charge in [-0.2, -0.15) is 0 Å². The summed E-state index contributed by atoms with van der Waals surface area (Å²) in [5.41, 5.74) is 2.52. The maximum Gasteiger partial charge on any atom is 0.337 e. The van der Waals surface area contributed by atoms with Crippen LogP contribution in [0.1, 0.15) is 49.0 Å². The maximum absolute atomic E-state index is 11.2. The molecular weight excluding hydrogens is 226 g/mol. The number of aryl methyl sites for hydroxylation is 1. The number of para-hydroxylation sites is 1. The van der Waals surface area contributed by atoms with Crippen molar-refractivity contribution in [1.29, 1.82) is 0 Å². The molecule has 0 aliphatic heterocycles. The molecule has 1 aliphatic carbocycles. The number of hydrogen-bond acceptors (Lipinski definition) is 2. The number of nitrogens with one attached hydrogen (secondary N) is 1. The van der Waals surface area contributed by atoms with E-state index in [1.54, 1.807) is 12.1 Å². The van der Waals surface area contributed by atoms with E-state index < -0.39 is 5.97 Å². The van der Waals surface area contributed by atoms with Crippen molar-refractivity contribution in [3.05, 3.63) is 29.3 Å². The summed E-state index contributed by atoms with van der Waals surface area (Å²) in [7, 11) is 0. The molecule has 0 saturated heterocycles. The second-order valence-corrected chi connectivity index (χ2v) is 6.05. The molecular formula is C15H21NO2. The van der Waals surface area contributed by atoms with Gasteiger partial charge in [0.05, 0.1) is 11.3 Å². The summed E-state index contributed by atoms with van der Waals surface area (Å²) in [5, 5.41) is 12.7. The minimum Gasteiger partial charge on any atom is -0.478 e. The molecule has 2 rings (SSSR count). The van der Waals surface area contributed by atoms with Crippen molar-refractivity contribution in [1.82, 2.24) is 0 Å². The van der Waals surface area contributed by atoms with Crippen molar-refractivity contribution in [2.75, 3.05) is 5.32 Å². The molecule has 1 aromatic carbocycles. The van der Waals surface area contributed by atoms with E-state index in [2.05, 4.69) is 19.2 Å². The van der Waals surface area contributed by atoms with Gasteiger partial charge < -0.3 is 10.4 Å². The van der Waals surface area contributed by atoms with Gasteiger partial charge in [-0.25, -0.2) is 4.79 Å². The van der Waals surface area contributed by atoms with Crippen molar-refractivity contribution in [3.8, 4) is 0 Å². The largest absolute Gasteiger partial charge is 0.478 e. The second kappa shape index (κ2) is 4.63. The van der Waals surface area contributed by atoms with Crippen molar-refractivity contribution < 1.29 is 9.90 Å². The normalized spacial score (nSPS) is 21.8. The summed E-state index contributed by atoms with van der Waals surface area (Å²) >= 11 is 0. The fourth-order valence-electron chi connectivity index (χ4n) is 2.80. The van der Waals surface area contributed by atoms with E-state index in [4.69, 9.17) is 0 Å². The Balaban J connectivity index is 2.21. The van der Waals surface area contributed by atoms with Crippen LogP contribution < -0.4 is 5.32 Å². The number of carboxylic acids is 1. The zero-order valence-electron chi connectivity index (χ0n) is 11.3. The van der Waals surface area contributed by atoms with Crippen molar-refractivity contribution in [2.45, 2.75) is 46.1 Å². The van der Waals surface area contributed by atoms with Crippen molar-refractivity contribution in [3.63, 3.8) is 0 Å². The Morgan fingerprint density at radius 1 is 1.44 bits per heavy atom. The average Bonchev–Trinajstić information content (AvgIpc) is 2.61. The molecule has 2 N–H and O–H groups in total. The lowest BCUT2D eigenvalue weighted by atomic mass is 9.92. The van der Waals surface area contributed by atoms with Gasteiger partial charge in [-0.3, -0.25) is 0 Å². The highest BCUT2D eigenvalue weighted by Crippen LogP contribution is 2.39. The Labute approximate surface area is 108 Å². The van der Waals surface area contributed by atoms with E-state index in [0.29, 0.717) is 17.0 Å². The van der Waals surface area contributed by atoms with Gasteiger partial charge in [-0.05, 0) is 43.2 Å². The number of aromatic carboxylic acids is 1. The number of anilines is 1. The third-order valence-electron chi connectivity index (χ3n) is 3.82. The van der Waals surface area contributed by atoms with Gasteiger partial charge in [0.2, 0.25) is 0 Å². The average molecular weight is 247 g/mol. The summed E-state index contributed by atoms with van der Waals surface area (Å²) in [5.74, 6) is -0.863. The van der Waals surface area contributed by atoms with Crippen LogP contribution in [0.25, 0.3) is 0 Å². The summed E-state index contributed by atoms with van der Waals surface area (Å²) in [6, 6.07) is 5.80. The Morgan fingerprint density at radius 2 is 2.17 bits per heavy atom. The first-order valence-electron chi connectivity index (χ1n) is 6.48. The third kappa shape index (κ3) is 2.66. The van der Waals surface area contributed by atoms with Crippen LogP contribution in [0.4, 0.5) is 5.69 Å². The molecule has 3 nitrogen and oxygen atoms in total. The summed E-state index contributed by atoms with van der Waals surface area (Å²) in [6.07, 6.45) is 3.40. The highest BCUT2D eigenvalue weighted by Gasteiger charge is 2.31. The van der Waals surface area contributed by atoms with Gasteiger partial charge in [0.1, 0.15) is 0 Å².